The van der Waals surface area contributed by atoms with E-state index in [0.717, 1.165) is 42.8 Å². The number of anilines is 1. The molecule has 0 amide bonds. The number of benzene rings is 1. The summed E-state index contributed by atoms with van der Waals surface area (Å²) >= 11 is 0. The number of carbonyl (C=O) groups excluding carboxylic acids is 1. The number of para-hydroxylation sites is 1. The van der Waals surface area contributed by atoms with Gasteiger partial charge < -0.3 is 4.90 Å². The number of hydrogen-bond donors (Lipinski definition) is 0. The van der Waals surface area contributed by atoms with E-state index in [1.807, 2.05) is 30.5 Å². The summed E-state index contributed by atoms with van der Waals surface area (Å²) in [4.78, 5) is 22.6. The van der Waals surface area contributed by atoms with Gasteiger partial charge in [-0.15, -0.1) is 0 Å². The third-order valence-electron chi connectivity index (χ3n) is 3.83. The maximum atomic E-state index is 11.4. The van der Waals surface area contributed by atoms with Crippen molar-refractivity contribution in [1.29, 1.82) is 0 Å². The molecule has 0 aliphatic carbocycles. The van der Waals surface area contributed by atoms with E-state index in [1.165, 1.54) is 0 Å². The molecule has 1 aromatic heterocycles. The van der Waals surface area contributed by atoms with Crippen molar-refractivity contribution in [2.75, 3.05) is 18.0 Å². The quantitative estimate of drug-likeness (QED) is 0.827. The Morgan fingerprint density at radius 3 is 2.74 bits per heavy atom. The van der Waals surface area contributed by atoms with Crippen LogP contribution in [-0.4, -0.2) is 28.8 Å². The number of fused-ring (bicyclic) bond motifs is 1. The smallest absolute Gasteiger partial charge is 0.225 e. The molecule has 0 N–H and O–H groups in total. The minimum absolute atomic E-state index is 0.219. The Hall–Kier alpha value is -1.97. The maximum absolute atomic E-state index is 11.4. The normalized spacial score (nSPS) is 16.8. The minimum Gasteiger partial charge on any atom is -0.341 e. The predicted octanol–water partition coefficient (Wildman–Crippen LogP) is 2.44. The van der Waals surface area contributed by atoms with Crippen molar-refractivity contribution in [1.82, 2.24) is 9.97 Å². The van der Waals surface area contributed by atoms with E-state index in [2.05, 4.69) is 14.9 Å². The van der Waals surface area contributed by atoms with Crippen molar-refractivity contribution in [3.63, 3.8) is 0 Å². The molecule has 1 fully saturated rings. The van der Waals surface area contributed by atoms with Gasteiger partial charge >= 0.3 is 0 Å². The summed E-state index contributed by atoms with van der Waals surface area (Å²) in [6.45, 7) is 3.41. The van der Waals surface area contributed by atoms with Crippen LogP contribution in [0.25, 0.3) is 10.9 Å². The molecule has 0 bridgehead atoms. The predicted molar refractivity (Wildman–Crippen MR) is 75.2 cm³/mol. The summed E-state index contributed by atoms with van der Waals surface area (Å²) in [7, 11) is 0. The van der Waals surface area contributed by atoms with Crippen LogP contribution in [0.2, 0.25) is 0 Å². The lowest BCUT2D eigenvalue weighted by Crippen LogP contribution is -2.36. The molecule has 0 spiro atoms. The molecule has 0 atom stereocenters. The molecule has 2 heterocycles. The van der Waals surface area contributed by atoms with Gasteiger partial charge in [-0.1, -0.05) is 18.2 Å². The van der Waals surface area contributed by atoms with Gasteiger partial charge in [0.05, 0.1) is 5.52 Å². The number of nitrogens with zero attached hydrogens (tertiary/aromatic N) is 3. The molecule has 0 saturated carbocycles. The van der Waals surface area contributed by atoms with Crippen molar-refractivity contribution in [2.24, 2.45) is 5.92 Å². The Kier molecular flexibility index (Phi) is 3.15. The number of aromatic nitrogens is 2. The fraction of sp³-hybridized carbons (Fsp3) is 0.400. The first-order chi connectivity index (χ1) is 9.24. The molecule has 4 nitrogen and oxygen atoms in total. The Morgan fingerprint density at radius 2 is 2.00 bits per heavy atom. The lowest BCUT2D eigenvalue weighted by atomic mass is 9.93. The van der Waals surface area contributed by atoms with Crippen molar-refractivity contribution < 1.29 is 4.79 Å². The minimum atomic E-state index is 0.219. The summed E-state index contributed by atoms with van der Waals surface area (Å²) in [5.41, 5.74) is 0.973. The number of carbonyl (C=O) groups is 1. The van der Waals surface area contributed by atoms with Gasteiger partial charge in [0.15, 0.2) is 0 Å². The second-order valence-corrected chi connectivity index (χ2v) is 5.10. The highest BCUT2D eigenvalue weighted by Gasteiger charge is 2.23. The topological polar surface area (TPSA) is 46.1 Å². The van der Waals surface area contributed by atoms with E-state index >= 15 is 0 Å². The Bertz CT molecular complexity index is 603. The second-order valence-electron chi connectivity index (χ2n) is 5.10. The molecule has 3 rings (SSSR count). The van der Waals surface area contributed by atoms with E-state index in [0.29, 0.717) is 5.78 Å². The molecule has 1 aliphatic heterocycles. The lowest BCUT2D eigenvalue weighted by molar-refractivity contribution is -0.121. The highest BCUT2D eigenvalue weighted by molar-refractivity contribution is 5.79. The zero-order valence-corrected chi connectivity index (χ0v) is 11.0. The summed E-state index contributed by atoms with van der Waals surface area (Å²) in [6.07, 6.45) is 3.69. The molecule has 0 unspecified atom stereocenters. The molecule has 0 radical (unpaired) electrons. The zero-order chi connectivity index (χ0) is 13.2. The van der Waals surface area contributed by atoms with Crippen molar-refractivity contribution in [3.05, 3.63) is 30.5 Å². The molecule has 1 aliphatic rings. The van der Waals surface area contributed by atoms with Crippen molar-refractivity contribution in [2.45, 2.75) is 19.8 Å². The van der Waals surface area contributed by atoms with Gasteiger partial charge in [0.25, 0.3) is 0 Å². The first-order valence-corrected chi connectivity index (χ1v) is 6.71. The van der Waals surface area contributed by atoms with E-state index in [4.69, 9.17) is 0 Å². The highest BCUT2D eigenvalue weighted by Crippen LogP contribution is 2.22. The van der Waals surface area contributed by atoms with Gasteiger partial charge in [0, 0.05) is 30.6 Å². The first kappa shape index (κ1) is 12.1. The van der Waals surface area contributed by atoms with Crippen LogP contribution in [0.1, 0.15) is 19.8 Å². The Morgan fingerprint density at radius 1 is 1.26 bits per heavy atom. The summed E-state index contributed by atoms with van der Waals surface area (Å²) in [5, 5.41) is 1.06. The van der Waals surface area contributed by atoms with Crippen LogP contribution in [0.4, 0.5) is 5.95 Å². The van der Waals surface area contributed by atoms with Gasteiger partial charge in [-0.3, -0.25) is 4.79 Å². The molecule has 19 heavy (non-hydrogen) atoms. The maximum Gasteiger partial charge on any atom is 0.225 e. The molecular formula is C15H17N3O. The van der Waals surface area contributed by atoms with Crippen molar-refractivity contribution in [3.8, 4) is 0 Å². The monoisotopic (exact) mass is 255 g/mol. The third-order valence-corrected chi connectivity index (χ3v) is 3.83. The fourth-order valence-corrected chi connectivity index (χ4v) is 2.60. The summed E-state index contributed by atoms with van der Waals surface area (Å²) in [5.74, 6) is 1.30. The number of ketones is 1. The average Bonchev–Trinajstić information content (AvgIpc) is 2.47. The number of piperidine rings is 1. The number of Topliss-reactive ketones (excluding diaryl/α,β-unsaturated/α-hetero) is 1. The molecule has 1 aromatic carbocycles. The molecular weight excluding hydrogens is 238 g/mol. The van der Waals surface area contributed by atoms with Crippen LogP contribution in [0.15, 0.2) is 30.5 Å². The van der Waals surface area contributed by atoms with Gasteiger partial charge in [-0.2, -0.15) is 0 Å². The molecule has 2 aromatic rings. The van der Waals surface area contributed by atoms with Crippen LogP contribution < -0.4 is 4.90 Å². The summed E-state index contributed by atoms with van der Waals surface area (Å²) in [6, 6.07) is 7.99. The van der Waals surface area contributed by atoms with E-state index in [9.17, 15) is 4.79 Å². The Balaban J connectivity index is 1.80. The highest BCUT2D eigenvalue weighted by atomic mass is 16.1. The first-order valence-electron chi connectivity index (χ1n) is 6.71. The average molecular weight is 255 g/mol. The SMILES string of the molecule is CC(=O)C1CCN(c2ncc3ccccc3n2)CC1. The third kappa shape index (κ3) is 2.43. The molecule has 1 saturated heterocycles. The van der Waals surface area contributed by atoms with Crippen LogP contribution in [0.3, 0.4) is 0 Å². The Labute approximate surface area is 112 Å². The van der Waals surface area contributed by atoms with Crippen LogP contribution in [0.5, 0.6) is 0 Å². The van der Waals surface area contributed by atoms with E-state index in [-0.39, 0.29) is 5.92 Å². The largest absolute Gasteiger partial charge is 0.341 e. The standard InChI is InChI=1S/C15H17N3O/c1-11(19)12-6-8-18(9-7-12)15-16-10-13-4-2-3-5-14(13)17-15/h2-5,10,12H,6-9H2,1H3. The number of hydrogen-bond acceptors (Lipinski definition) is 4. The molecule has 4 heteroatoms. The number of rotatable bonds is 2. The van der Waals surface area contributed by atoms with Gasteiger partial charge in [-0.25, -0.2) is 9.97 Å². The van der Waals surface area contributed by atoms with Crippen LogP contribution in [-0.2, 0) is 4.79 Å². The zero-order valence-electron chi connectivity index (χ0n) is 11.0. The van der Waals surface area contributed by atoms with Gasteiger partial charge in [0.1, 0.15) is 5.78 Å². The van der Waals surface area contributed by atoms with Crippen LogP contribution >= 0.6 is 0 Å². The summed E-state index contributed by atoms with van der Waals surface area (Å²) < 4.78 is 0. The molecule has 98 valence electrons. The lowest BCUT2D eigenvalue weighted by Gasteiger charge is -2.30. The van der Waals surface area contributed by atoms with E-state index < -0.39 is 0 Å². The van der Waals surface area contributed by atoms with E-state index in [1.54, 1.807) is 6.92 Å². The second kappa shape index (κ2) is 4.96. The fourth-order valence-electron chi connectivity index (χ4n) is 2.60. The van der Waals surface area contributed by atoms with Gasteiger partial charge in [-0.05, 0) is 25.8 Å². The van der Waals surface area contributed by atoms with Gasteiger partial charge in [0.2, 0.25) is 5.95 Å². The van der Waals surface area contributed by atoms with Crippen LogP contribution in [0, 0.1) is 5.92 Å². The van der Waals surface area contributed by atoms with Crippen molar-refractivity contribution >= 4 is 22.6 Å².